The van der Waals surface area contributed by atoms with Gasteiger partial charge in [-0.2, -0.15) is 0 Å². The standard InChI is InChI=1S/C13H16BrN3O2/c1-17-8-10(15-16-17)5-4-9-6-11(14)13(19-3)7-12(9)18-2/h6-8H,4-5H2,1-3H3. The maximum Gasteiger partial charge on any atom is 0.136 e. The van der Waals surface area contributed by atoms with Gasteiger partial charge in [-0.3, -0.25) is 4.68 Å². The van der Waals surface area contributed by atoms with Crippen LogP contribution in [0.4, 0.5) is 0 Å². The predicted molar refractivity (Wildman–Crippen MR) is 75.7 cm³/mol. The number of methoxy groups -OCH3 is 2. The summed E-state index contributed by atoms with van der Waals surface area (Å²) in [5.74, 6) is 1.59. The van der Waals surface area contributed by atoms with Gasteiger partial charge in [-0.05, 0) is 40.4 Å². The van der Waals surface area contributed by atoms with Gasteiger partial charge in [-0.15, -0.1) is 5.10 Å². The Morgan fingerprint density at radius 1 is 1.16 bits per heavy atom. The number of nitrogens with zero attached hydrogens (tertiary/aromatic N) is 3. The second-order valence-electron chi connectivity index (χ2n) is 4.18. The fraction of sp³-hybridized carbons (Fsp3) is 0.385. The highest BCUT2D eigenvalue weighted by atomic mass is 79.9. The molecule has 0 aliphatic carbocycles. The Kier molecular flexibility index (Phi) is 4.42. The number of ether oxygens (including phenoxy) is 2. The molecule has 5 nitrogen and oxygen atoms in total. The Bertz CT molecular complexity index is 569. The average molecular weight is 326 g/mol. The molecule has 0 amide bonds. The van der Waals surface area contributed by atoms with Crippen molar-refractivity contribution in [3.63, 3.8) is 0 Å². The summed E-state index contributed by atoms with van der Waals surface area (Å²) in [5.41, 5.74) is 2.08. The molecular weight excluding hydrogens is 310 g/mol. The number of rotatable bonds is 5. The SMILES string of the molecule is COc1cc(OC)c(CCc2cn(C)nn2)cc1Br. The lowest BCUT2D eigenvalue weighted by Gasteiger charge is -2.11. The van der Waals surface area contributed by atoms with Gasteiger partial charge < -0.3 is 9.47 Å². The summed E-state index contributed by atoms with van der Waals surface area (Å²) >= 11 is 3.49. The van der Waals surface area contributed by atoms with E-state index in [1.807, 2.05) is 25.4 Å². The minimum absolute atomic E-state index is 0.764. The predicted octanol–water partition coefficient (Wildman–Crippen LogP) is 2.38. The van der Waals surface area contributed by atoms with E-state index in [4.69, 9.17) is 9.47 Å². The highest BCUT2D eigenvalue weighted by molar-refractivity contribution is 9.10. The van der Waals surface area contributed by atoms with Crippen LogP contribution in [-0.4, -0.2) is 29.2 Å². The highest BCUT2D eigenvalue weighted by Gasteiger charge is 2.10. The van der Waals surface area contributed by atoms with Gasteiger partial charge in [0, 0.05) is 19.3 Å². The molecule has 0 bridgehead atoms. The fourth-order valence-corrected chi connectivity index (χ4v) is 2.44. The van der Waals surface area contributed by atoms with Gasteiger partial charge in [0.2, 0.25) is 0 Å². The molecule has 2 aromatic rings. The molecule has 0 fully saturated rings. The second-order valence-corrected chi connectivity index (χ2v) is 5.04. The van der Waals surface area contributed by atoms with E-state index in [0.29, 0.717) is 0 Å². The van der Waals surface area contributed by atoms with E-state index < -0.39 is 0 Å². The molecule has 0 atom stereocenters. The van der Waals surface area contributed by atoms with E-state index in [2.05, 4.69) is 26.2 Å². The highest BCUT2D eigenvalue weighted by Crippen LogP contribution is 2.33. The summed E-state index contributed by atoms with van der Waals surface area (Å²) in [7, 11) is 5.16. The summed E-state index contributed by atoms with van der Waals surface area (Å²) in [6.45, 7) is 0. The Hall–Kier alpha value is -1.56. The molecular formula is C13H16BrN3O2. The van der Waals surface area contributed by atoms with Crippen LogP contribution in [-0.2, 0) is 19.9 Å². The zero-order valence-electron chi connectivity index (χ0n) is 11.2. The molecule has 0 spiro atoms. The molecule has 6 heteroatoms. The van der Waals surface area contributed by atoms with Gasteiger partial charge in [-0.1, -0.05) is 5.21 Å². The molecule has 19 heavy (non-hydrogen) atoms. The van der Waals surface area contributed by atoms with E-state index in [0.717, 1.165) is 40.1 Å². The van der Waals surface area contributed by atoms with Crippen molar-refractivity contribution < 1.29 is 9.47 Å². The second kappa shape index (κ2) is 6.06. The maximum atomic E-state index is 5.39. The third-order valence-corrected chi connectivity index (χ3v) is 3.48. The van der Waals surface area contributed by atoms with E-state index in [9.17, 15) is 0 Å². The van der Waals surface area contributed by atoms with E-state index in [1.54, 1.807) is 18.9 Å². The van der Waals surface area contributed by atoms with Gasteiger partial charge in [0.1, 0.15) is 11.5 Å². The smallest absolute Gasteiger partial charge is 0.136 e. The van der Waals surface area contributed by atoms with E-state index in [-0.39, 0.29) is 0 Å². The molecule has 2 rings (SSSR count). The van der Waals surface area contributed by atoms with Crippen LogP contribution in [0.3, 0.4) is 0 Å². The first-order valence-electron chi connectivity index (χ1n) is 5.89. The zero-order chi connectivity index (χ0) is 13.8. The number of aryl methyl sites for hydroxylation is 3. The molecule has 1 aromatic carbocycles. The minimum Gasteiger partial charge on any atom is -0.496 e. The molecule has 0 radical (unpaired) electrons. The van der Waals surface area contributed by atoms with Crippen LogP contribution in [0.25, 0.3) is 0 Å². The van der Waals surface area contributed by atoms with E-state index in [1.165, 1.54) is 0 Å². The van der Waals surface area contributed by atoms with Crippen molar-refractivity contribution >= 4 is 15.9 Å². The lowest BCUT2D eigenvalue weighted by atomic mass is 10.1. The van der Waals surface area contributed by atoms with Gasteiger partial charge in [0.05, 0.1) is 24.4 Å². The first-order valence-corrected chi connectivity index (χ1v) is 6.69. The van der Waals surface area contributed by atoms with Crippen molar-refractivity contribution in [2.45, 2.75) is 12.8 Å². The quantitative estimate of drug-likeness (QED) is 0.846. The van der Waals surface area contributed by atoms with Crippen LogP contribution in [0.2, 0.25) is 0 Å². The number of aromatic nitrogens is 3. The molecule has 0 N–H and O–H groups in total. The molecule has 0 saturated carbocycles. The first kappa shape index (κ1) is 13.9. The summed E-state index contributed by atoms with van der Waals surface area (Å²) in [6, 6.07) is 3.91. The monoisotopic (exact) mass is 325 g/mol. The average Bonchev–Trinajstić information content (AvgIpc) is 2.82. The van der Waals surface area contributed by atoms with Crippen molar-refractivity contribution in [3.05, 3.63) is 34.1 Å². The largest absolute Gasteiger partial charge is 0.496 e. The van der Waals surface area contributed by atoms with Gasteiger partial charge in [0.25, 0.3) is 0 Å². The van der Waals surface area contributed by atoms with Crippen LogP contribution >= 0.6 is 15.9 Å². The Labute approximate surface area is 120 Å². The van der Waals surface area contributed by atoms with Crippen molar-refractivity contribution in [1.29, 1.82) is 0 Å². The normalized spacial score (nSPS) is 10.5. The van der Waals surface area contributed by atoms with Gasteiger partial charge in [-0.25, -0.2) is 0 Å². The molecule has 0 aliphatic rings. The maximum absolute atomic E-state index is 5.39. The zero-order valence-corrected chi connectivity index (χ0v) is 12.8. The van der Waals surface area contributed by atoms with E-state index >= 15 is 0 Å². The lowest BCUT2D eigenvalue weighted by Crippen LogP contribution is -1.97. The van der Waals surface area contributed by atoms with Crippen LogP contribution < -0.4 is 9.47 Å². The van der Waals surface area contributed by atoms with Crippen LogP contribution in [0.5, 0.6) is 11.5 Å². The third-order valence-electron chi connectivity index (χ3n) is 2.86. The lowest BCUT2D eigenvalue weighted by molar-refractivity contribution is 0.389. The van der Waals surface area contributed by atoms with Crippen LogP contribution in [0.1, 0.15) is 11.3 Å². The summed E-state index contributed by atoms with van der Waals surface area (Å²) < 4.78 is 13.3. The third kappa shape index (κ3) is 3.26. The van der Waals surface area contributed by atoms with Crippen molar-refractivity contribution in [1.82, 2.24) is 15.0 Å². The molecule has 1 heterocycles. The molecule has 102 valence electrons. The Morgan fingerprint density at radius 2 is 1.89 bits per heavy atom. The number of hydrogen-bond donors (Lipinski definition) is 0. The molecule has 0 aliphatic heterocycles. The fourth-order valence-electron chi connectivity index (χ4n) is 1.89. The van der Waals surface area contributed by atoms with Crippen LogP contribution in [0.15, 0.2) is 22.8 Å². The Balaban J connectivity index is 2.17. The number of hydrogen-bond acceptors (Lipinski definition) is 4. The number of halogens is 1. The van der Waals surface area contributed by atoms with Crippen molar-refractivity contribution in [2.24, 2.45) is 7.05 Å². The summed E-state index contributed by atoms with van der Waals surface area (Å²) in [5, 5.41) is 8.00. The van der Waals surface area contributed by atoms with Crippen LogP contribution in [0, 0.1) is 0 Å². The topological polar surface area (TPSA) is 49.2 Å². The van der Waals surface area contributed by atoms with Crippen molar-refractivity contribution in [3.8, 4) is 11.5 Å². The molecule has 1 aromatic heterocycles. The summed E-state index contributed by atoms with van der Waals surface area (Å²) in [4.78, 5) is 0. The van der Waals surface area contributed by atoms with Gasteiger partial charge >= 0.3 is 0 Å². The number of benzene rings is 1. The minimum atomic E-state index is 0.764. The summed E-state index contributed by atoms with van der Waals surface area (Å²) in [6.07, 6.45) is 3.58. The van der Waals surface area contributed by atoms with Gasteiger partial charge in [0.15, 0.2) is 0 Å². The molecule has 0 unspecified atom stereocenters. The Morgan fingerprint density at radius 3 is 2.47 bits per heavy atom. The molecule has 0 saturated heterocycles. The first-order chi connectivity index (χ1) is 9.13. The van der Waals surface area contributed by atoms with Crippen molar-refractivity contribution in [2.75, 3.05) is 14.2 Å².